The number of hydrogen-bond acceptors (Lipinski definition) is 4. The number of carbonyl (C=O) groups excluding carboxylic acids is 2. The fourth-order valence-corrected chi connectivity index (χ4v) is 1.32. The second-order valence-electron chi connectivity index (χ2n) is 2.78. The summed E-state index contributed by atoms with van der Waals surface area (Å²) in [5.41, 5.74) is 5.49. The lowest BCUT2D eigenvalue weighted by molar-refractivity contribution is -0.154. The molecule has 0 saturated carbocycles. The lowest BCUT2D eigenvalue weighted by Crippen LogP contribution is -2.36. The molecular formula is C10H11BrN2O3. The van der Waals surface area contributed by atoms with Crippen molar-refractivity contribution in [2.45, 2.75) is 6.92 Å². The zero-order valence-corrected chi connectivity index (χ0v) is 10.2. The summed E-state index contributed by atoms with van der Waals surface area (Å²) in [5.74, 6) is -1.75. The van der Waals surface area contributed by atoms with Gasteiger partial charge in [0, 0.05) is 4.47 Å². The molecule has 0 unspecified atom stereocenters. The molecule has 0 aliphatic rings. The molecule has 1 rings (SSSR count). The topological polar surface area (TPSA) is 67.4 Å². The molecule has 0 fully saturated rings. The maximum atomic E-state index is 11.2. The summed E-state index contributed by atoms with van der Waals surface area (Å²) in [5, 5.41) is 0. The Morgan fingerprint density at radius 2 is 2.06 bits per heavy atom. The molecule has 16 heavy (non-hydrogen) atoms. The van der Waals surface area contributed by atoms with E-state index in [1.807, 2.05) is 6.07 Å². The Balaban J connectivity index is 2.49. The monoisotopic (exact) mass is 286 g/mol. The molecule has 0 aromatic heterocycles. The number of benzene rings is 1. The molecular weight excluding hydrogens is 276 g/mol. The number of para-hydroxylation sites is 1. The van der Waals surface area contributed by atoms with E-state index in [-0.39, 0.29) is 6.61 Å². The van der Waals surface area contributed by atoms with Crippen LogP contribution in [0.15, 0.2) is 28.7 Å². The van der Waals surface area contributed by atoms with E-state index < -0.39 is 11.9 Å². The van der Waals surface area contributed by atoms with Crippen molar-refractivity contribution in [1.82, 2.24) is 5.43 Å². The fourth-order valence-electron chi connectivity index (χ4n) is 0.934. The predicted molar refractivity (Wildman–Crippen MR) is 62.5 cm³/mol. The number of carbonyl (C=O) groups is 2. The molecule has 0 saturated heterocycles. The fraction of sp³-hybridized carbons (Fsp3) is 0.200. The van der Waals surface area contributed by atoms with E-state index in [1.165, 1.54) is 0 Å². The van der Waals surface area contributed by atoms with Gasteiger partial charge in [-0.1, -0.05) is 12.1 Å². The molecule has 5 nitrogen and oxygen atoms in total. The first kappa shape index (κ1) is 12.5. The van der Waals surface area contributed by atoms with Gasteiger partial charge in [0.2, 0.25) is 0 Å². The van der Waals surface area contributed by atoms with Crippen LogP contribution in [0, 0.1) is 0 Å². The Bertz CT molecular complexity index is 395. The van der Waals surface area contributed by atoms with Crippen molar-refractivity contribution in [3.63, 3.8) is 0 Å². The molecule has 1 aromatic rings. The quantitative estimate of drug-likeness (QED) is 0.501. The summed E-state index contributed by atoms with van der Waals surface area (Å²) in [7, 11) is 0. The van der Waals surface area contributed by atoms with Gasteiger partial charge in [-0.2, -0.15) is 0 Å². The normalized spacial score (nSPS) is 9.38. The number of esters is 1. The number of nitrogens with one attached hydrogen (secondary N) is 2. The first-order valence-electron chi connectivity index (χ1n) is 4.62. The molecule has 0 aliphatic heterocycles. The number of ether oxygens (including phenoxy) is 1. The molecule has 1 amide bonds. The van der Waals surface area contributed by atoms with E-state index in [2.05, 4.69) is 31.5 Å². The molecule has 0 aliphatic carbocycles. The van der Waals surface area contributed by atoms with Crippen LogP contribution in [-0.4, -0.2) is 18.5 Å². The molecule has 86 valence electrons. The van der Waals surface area contributed by atoms with Crippen LogP contribution in [0.3, 0.4) is 0 Å². The minimum atomic E-state index is -0.915. The predicted octanol–water partition coefficient (Wildman–Crippen LogP) is 1.46. The Hall–Kier alpha value is -1.56. The highest BCUT2D eigenvalue weighted by molar-refractivity contribution is 9.10. The molecule has 0 radical (unpaired) electrons. The van der Waals surface area contributed by atoms with E-state index in [4.69, 9.17) is 0 Å². The smallest absolute Gasteiger partial charge is 0.398 e. The van der Waals surface area contributed by atoms with Crippen molar-refractivity contribution < 1.29 is 14.3 Å². The van der Waals surface area contributed by atoms with Crippen LogP contribution in [0.5, 0.6) is 0 Å². The standard InChI is InChI=1S/C10H11BrN2O3/c1-2-16-10(15)9(14)13-12-8-6-4-3-5-7(8)11/h3-6,12H,2H2,1H3,(H,13,14). The maximum absolute atomic E-state index is 11.2. The summed E-state index contributed by atoms with van der Waals surface area (Å²) < 4.78 is 5.30. The zero-order valence-electron chi connectivity index (χ0n) is 8.62. The van der Waals surface area contributed by atoms with Gasteiger partial charge in [0.15, 0.2) is 0 Å². The minimum Gasteiger partial charge on any atom is -0.459 e. The van der Waals surface area contributed by atoms with Crippen LogP contribution in [0.4, 0.5) is 5.69 Å². The second-order valence-corrected chi connectivity index (χ2v) is 3.63. The third-order valence-electron chi connectivity index (χ3n) is 1.65. The van der Waals surface area contributed by atoms with E-state index in [9.17, 15) is 9.59 Å². The van der Waals surface area contributed by atoms with Crippen LogP contribution < -0.4 is 10.9 Å². The van der Waals surface area contributed by atoms with Gasteiger partial charge in [-0.25, -0.2) is 4.79 Å². The third kappa shape index (κ3) is 3.54. The number of amides is 1. The molecule has 1 aromatic carbocycles. The molecule has 0 heterocycles. The van der Waals surface area contributed by atoms with E-state index in [0.717, 1.165) is 4.47 Å². The van der Waals surface area contributed by atoms with Crippen molar-refractivity contribution in [3.8, 4) is 0 Å². The van der Waals surface area contributed by atoms with Gasteiger partial charge in [-0.05, 0) is 35.0 Å². The van der Waals surface area contributed by atoms with Crippen LogP contribution >= 0.6 is 15.9 Å². The summed E-state index contributed by atoms with van der Waals surface area (Å²) >= 11 is 3.28. The van der Waals surface area contributed by atoms with Crippen molar-refractivity contribution in [2.24, 2.45) is 0 Å². The molecule has 0 spiro atoms. The van der Waals surface area contributed by atoms with E-state index in [0.29, 0.717) is 5.69 Å². The zero-order chi connectivity index (χ0) is 12.0. The minimum absolute atomic E-state index is 0.168. The van der Waals surface area contributed by atoms with Gasteiger partial charge in [0.25, 0.3) is 0 Å². The summed E-state index contributed by atoms with van der Waals surface area (Å²) in [4.78, 5) is 22.1. The number of hydrogen-bond donors (Lipinski definition) is 2. The summed E-state index contributed by atoms with van der Waals surface area (Å²) in [6.45, 7) is 1.80. The van der Waals surface area contributed by atoms with Gasteiger partial charge >= 0.3 is 11.9 Å². The van der Waals surface area contributed by atoms with Gasteiger partial charge in [0.05, 0.1) is 12.3 Å². The summed E-state index contributed by atoms with van der Waals surface area (Å²) in [6, 6.07) is 7.18. The molecule has 0 bridgehead atoms. The van der Waals surface area contributed by atoms with Gasteiger partial charge < -0.3 is 4.74 Å². The van der Waals surface area contributed by atoms with Crippen LogP contribution in [-0.2, 0) is 14.3 Å². The number of hydrazine groups is 1. The number of halogens is 1. The second kappa shape index (κ2) is 6.12. The lowest BCUT2D eigenvalue weighted by Gasteiger charge is -2.08. The molecule has 2 N–H and O–H groups in total. The van der Waals surface area contributed by atoms with Gasteiger partial charge in [-0.15, -0.1) is 0 Å². The SMILES string of the molecule is CCOC(=O)C(=O)NNc1ccccc1Br. The van der Waals surface area contributed by atoms with Crippen LogP contribution in [0.2, 0.25) is 0 Å². The highest BCUT2D eigenvalue weighted by Crippen LogP contribution is 2.19. The number of rotatable bonds is 3. The maximum Gasteiger partial charge on any atom is 0.398 e. The average Bonchev–Trinajstić information content (AvgIpc) is 2.28. The Morgan fingerprint density at radius 1 is 1.38 bits per heavy atom. The third-order valence-corrected chi connectivity index (χ3v) is 2.34. The Morgan fingerprint density at radius 3 is 2.69 bits per heavy atom. The van der Waals surface area contributed by atoms with Crippen LogP contribution in [0.25, 0.3) is 0 Å². The molecule has 0 atom stereocenters. The first-order chi connectivity index (χ1) is 7.65. The van der Waals surface area contributed by atoms with Crippen molar-refractivity contribution >= 4 is 33.5 Å². The lowest BCUT2D eigenvalue weighted by atomic mass is 10.3. The Kier molecular flexibility index (Phi) is 4.78. The van der Waals surface area contributed by atoms with Crippen molar-refractivity contribution in [1.29, 1.82) is 0 Å². The van der Waals surface area contributed by atoms with Gasteiger partial charge in [-0.3, -0.25) is 15.6 Å². The van der Waals surface area contributed by atoms with Crippen molar-refractivity contribution in [2.75, 3.05) is 12.0 Å². The van der Waals surface area contributed by atoms with E-state index in [1.54, 1.807) is 25.1 Å². The average molecular weight is 287 g/mol. The number of anilines is 1. The van der Waals surface area contributed by atoms with Gasteiger partial charge in [0.1, 0.15) is 0 Å². The highest BCUT2D eigenvalue weighted by atomic mass is 79.9. The van der Waals surface area contributed by atoms with E-state index >= 15 is 0 Å². The largest absolute Gasteiger partial charge is 0.459 e. The summed E-state index contributed by atoms with van der Waals surface area (Å²) in [6.07, 6.45) is 0. The first-order valence-corrected chi connectivity index (χ1v) is 5.42. The van der Waals surface area contributed by atoms with Crippen LogP contribution in [0.1, 0.15) is 6.92 Å². The Labute approximate surface area is 101 Å². The van der Waals surface area contributed by atoms with Crippen molar-refractivity contribution in [3.05, 3.63) is 28.7 Å². The highest BCUT2D eigenvalue weighted by Gasteiger charge is 2.13. The molecule has 6 heteroatoms.